The topological polar surface area (TPSA) is 145 Å². The summed E-state index contributed by atoms with van der Waals surface area (Å²) in [5.41, 5.74) is 0.577. The SMILES string of the molecule is CC1(C)C2CC=C(COCC(O)CN3CCN(S(=O)(=O)c4cc(C(F)(F)F)ccc4Cl)CC3)C1C2.O=C(O)C(=O)O. The second kappa shape index (κ2) is 13.0. The quantitative estimate of drug-likeness (QED) is 0.293. The molecular formula is C26H34ClF3N2O8S. The van der Waals surface area contributed by atoms with Crippen LogP contribution in [0.15, 0.2) is 34.7 Å². The van der Waals surface area contributed by atoms with Crippen LogP contribution in [0.5, 0.6) is 0 Å². The Morgan fingerprint density at radius 1 is 1.15 bits per heavy atom. The fourth-order valence-corrected chi connectivity index (χ4v) is 7.40. The molecule has 5 rings (SSSR count). The van der Waals surface area contributed by atoms with Gasteiger partial charge in [-0.15, -0.1) is 0 Å². The minimum absolute atomic E-state index is 0.0906. The Morgan fingerprint density at radius 2 is 1.76 bits per heavy atom. The van der Waals surface area contributed by atoms with Gasteiger partial charge in [-0.25, -0.2) is 18.0 Å². The minimum atomic E-state index is -4.67. The Kier molecular flexibility index (Phi) is 10.5. The zero-order valence-corrected chi connectivity index (χ0v) is 24.2. The standard InChI is InChI=1S/C24H32ClF3N2O4S.C2H2O4/c1-23(2)17-4-3-16(20(23)11-17)14-34-15-19(31)13-29-7-9-30(10-8-29)35(32,33)22-12-18(24(26,27)28)5-6-21(22)25;3-1(4)2(5)6/h3,5-6,12,17,19-20,31H,4,7-11,13-15H2,1-2H3;(H,3,4)(H,5,6). The van der Waals surface area contributed by atoms with Crippen molar-refractivity contribution in [2.24, 2.45) is 17.3 Å². The summed E-state index contributed by atoms with van der Waals surface area (Å²) in [5.74, 6) is -2.34. The van der Waals surface area contributed by atoms with Gasteiger partial charge in [0.15, 0.2) is 0 Å². The Bertz CT molecular complexity index is 1250. The Labute approximate surface area is 241 Å². The molecule has 4 aliphatic rings. The number of hydrogen-bond acceptors (Lipinski definition) is 7. The summed E-state index contributed by atoms with van der Waals surface area (Å²) in [6, 6.07) is 2.30. The second-order valence-corrected chi connectivity index (χ2v) is 13.3. The average molecular weight is 627 g/mol. The normalized spacial score (nSPS) is 23.4. The number of alkyl halides is 3. The number of nitrogens with zero attached hydrogens (tertiary/aromatic N) is 2. The highest BCUT2D eigenvalue weighted by Crippen LogP contribution is 2.59. The van der Waals surface area contributed by atoms with Crippen LogP contribution in [-0.2, 0) is 30.5 Å². The highest BCUT2D eigenvalue weighted by atomic mass is 35.5. The van der Waals surface area contributed by atoms with Crippen molar-refractivity contribution in [3.8, 4) is 0 Å². The summed E-state index contributed by atoms with van der Waals surface area (Å²) in [4.78, 5) is 19.6. The number of piperazine rings is 1. The average Bonchev–Trinajstić information content (AvgIpc) is 2.88. The van der Waals surface area contributed by atoms with E-state index >= 15 is 0 Å². The summed E-state index contributed by atoms with van der Waals surface area (Å²) < 4.78 is 72.0. The van der Waals surface area contributed by atoms with Gasteiger partial charge in [-0.05, 0) is 53.9 Å². The zero-order chi connectivity index (χ0) is 30.8. The first-order chi connectivity index (χ1) is 18.9. The molecule has 0 aromatic heterocycles. The predicted octanol–water partition coefficient (Wildman–Crippen LogP) is 3.19. The van der Waals surface area contributed by atoms with E-state index < -0.39 is 44.7 Å². The molecule has 0 spiro atoms. The van der Waals surface area contributed by atoms with Crippen molar-refractivity contribution < 1.29 is 51.2 Å². The molecule has 1 saturated carbocycles. The van der Waals surface area contributed by atoms with Crippen molar-refractivity contribution in [1.82, 2.24) is 9.21 Å². The summed E-state index contributed by atoms with van der Waals surface area (Å²) in [6.07, 6.45) is -0.821. The molecular weight excluding hydrogens is 593 g/mol. The van der Waals surface area contributed by atoms with Gasteiger partial charge in [0.25, 0.3) is 0 Å². The van der Waals surface area contributed by atoms with Gasteiger partial charge in [0, 0.05) is 32.7 Å². The molecule has 41 heavy (non-hydrogen) atoms. The molecule has 1 saturated heterocycles. The molecule has 3 aliphatic carbocycles. The van der Waals surface area contributed by atoms with Crippen LogP contribution in [0, 0.1) is 17.3 Å². The highest BCUT2D eigenvalue weighted by Gasteiger charge is 2.51. The number of β-amino-alcohol motifs (C(OH)–C–C–N with tert-alkyl or cyclic N) is 1. The lowest BCUT2D eigenvalue weighted by Gasteiger charge is -2.56. The van der Waals surface area contributed by atoms with Crippen molar-refractivity contribution in [2.75, 3.05) is 45.9 Å². The van der Waals surface area contributed by atoms with Crippen molar-refractivity contribution in [3.63, 3.8) is 0 Å². The van der Waals surface area contributed by atoms with Crippen LogP contribution >= 0.6 is 11.6 Å². The largest absolute Gasteiger partial charge is 0.473 e. The number of carbonyl (C=O) groups is 2. The Hall–Kier alpha value is -2.23. The fourth-order valence-electron chi connectivity index (χ4n) is 5.47. The maximum Gasteiger partial charge on any atom is 0.416 e. The molecule has 1 aromatic carbocycles. The van der Waals surface area contributed by atoms with E-state index in [9.17, 15) is 26.7 Å². The molecule has 0 amide bonds. The number of rotatable bonds is 8. The summed E-state index contributed by atoms with van der Waals surface area (Å²) in [7, 11) is -4.18. The molecule has 10 nitrogen and oxygen atoms in total. The monoisotopic (exact) mass is 626 g/mol. The molecule has 1 aromatic rings. The van der Waals surface area contributed by atoms with Gasteiger partial charge in [0.05, 0.1) is 29.9 Å². The third kappa shape index (κ3) is 7.99. The summed E-state index contributed by atoms with van der Waals surface area (Å²) in [6.45, 7) is 6.50. The number of benzene rings is 1. The number of ether oxygens (including phenoxy) is 1. The molecule has 3 N–H and O–H groups in total. The first-order valence-corrected chi connectivity index (χ1v) is 14.8. The molecule has 0 radical (unpaired) electrons. The molecule has 15 heteroatoms. The number of carboxylic acids is 2. The summed E-state index contributed by atoms with van der Waals surface area (Å²) in [5, 5.41) is 24.9. The predicted molar refractivity (Wildman–Crippen MR) is 142 cm³/mol. The lowest BCUT2D eigenvalue weighted by atomic mass is 9.49. The maximum atomic E-state index is 13.1. The van der Waals surface area contributed by atoms with Crippen LogP contribution in [0.1, 0.15) is 32.3 Å². The number of halogens is 4. The van der Waals surface area contributed by atoms with E-state index in [0.29, 0.717) is 43.6 Å². The molecule has 2 fully saturated rings. The van der Waals surface area contributed by atoms with E-state index in [0.717, 1.165) is 28.8 Å². The van der Waals surface area contributed by atoms with E-state index in [1.807, 2.05) is 4.90 Å². The number of aliphatic carboxylic acids is 2. The van der Waals surface area contributed by atoms with Gasteiger partial charge < -0.3 is 20.1 Å². The van der Waals surface area contributed by atoms with Crippen molar-refractivity contribution in [2.45, 2.75) is 43.9 Å². The van der Waals surface area contributed by atoms with Gasteiger partial charge in [-0.1, -0.05) is 31.5 Å². The highest BCUT2D eigenvalue weighted by molar-refractivity contribution is 7.89. The van der Waals surface area contributed by atoms with Crippen LogP contribution in [0.4, 0.5) is 13.2 Å². The molecule has 1 heterocycles. The molecule has 230 valence electrons. The van der Waals surface area contributed by atoms with Crippen molar-refractivity contribution in [3.05, 3.63) is 40.4 Å². The van der Waals surface area contributed by atoms with Crippen LogP contribution in [0.2, 0.25) is 5.02 Å². The fraction of sp³-hybridized carbons (Fsp3) is 0.615. The Morgan fingerprint density at radius 3 is 2.27 bits per heavy atom. The first kappa shape index (κ1) is 33.3. The molecule has 3 atom stereocenters. The second-order valence-electron chi connectivity index (χ2n) is 10.9. The number of allylic oxidation sites excluding steroid dienone is 1. The number of aliphatic hydroxyl groups excluding tert-OH is 1. The molecule has 1 aliphatic heterocycles. The number of carboxylic acid groups (broad SMARTS) is 2. The van der Waals surface area contributed by atoms with Crippen molar-refractivity contribution >= 4 is 33.6 Å². The van der Waals surface area contributed by atoms with E-state index in [2.05, 4.69) is 19.9 Å². The smallest absolute Gasteiger partial charge is 0.416 e. The van der Waals surface area contributed by atoms with E-state index in [4.69, 9.17) is 36.1 Å². The number of hydrogen-bond donors (Lipinski definition) is 3. The number of fused-ring (bicyclic) bond motifs is 1. The zero-order valence-electron chi connectivity index (χ0n) is 22.6. The lowest BCUT2D eigenvalue weighted by Crippen LogP contribution is -2.51. The van der Waals surface area contributed by atoms with E-state index in [1.54, 1.807) is 0 Å². The molecule has 3 unspecified atom stereocenters. The van der Waals surface area contributed by atoms with Gasteiger partial charge in [0.2, 0.25) is 10.0 Å². The van der Waals surface area contributed by atoms with E-state index in [-0.39, 0.29) is 24.7 Å². The summed E-state index contributed by atoms with van der Waals surface area (Å²) >= 11 is 5.94. The molecule has 2 bridgehead atoms. The van der Waals surface area contributed by atoms with Crippen LogP contribution in [-0.4, -0.2) is 96.9 Å². The third-order valence-electron chi connectivity index (χ3n) is 8.02. The van der Waals surface area contributed by atoms with Gasteiger partial charge in [-0.2, -0.15) is 17.5 Å². The van der Waals surface area contributed by atoms with Gasteiger partial charge in [-0.3, -0.25) is 4.90 Å². The van der Waals surface area contributed by atoms with Gasteiger partial charge >= 0.3 is 18.1 Å². The van der Waals surface area contributed by atoms with E-state index in [1.165, 1.54) is 12.0 Å². The Balaban J connectivity index is 0.000000696. The number of aliphatic hydroxyl groups is 1. The lowest BCUT2D eigenvalue weighted by molar-refractivity contribution is -0.159. The van der Waals surface area contributed by atoms with Crippen molar-refractivity contribution in [1.29, 1.82) is 0 Å². The maximum absolute atomic E-state index is 13.1. The van der Waals surface area contributed by atoms with Crippen LogP contribution in [0.3, 0.4) is 0 Å². The van der Waals surface area contributed by atoms with Crippen LogP contribution in [0.25, 0.3) is 0 Å². The third-order valence-corrected chi connectivity index (χ3v) is 10.4. The van der Waals surface area contributed by atoms with Crippen LogP contribution < -0.4 is 0 Å². The van der Waals surface area contributed by atoms with Gasteiger partial charge in [0.1, 0.15) is 4.90 Å². The first-order valence-electron chi connectivity index (χ1n) is 12.9. The minimum Gasteiger partial charge on any atom is -0.473 e. The number of sulfonamides is 1.